The third-order valence-corrected chi connectivity index (χ3v) is 5.74. The number of aryl methyl sites for hydroxylation is 1. The quantitative estimate of drug-likeness (QED) is 0.507. The van der Waals surface area contributed by atoms with Crippen LogP contribution in [0.25, 0.3) is 10.8 Å². The average Bonchev–Trinajstić information content (AvgIpc) is 2.85. The molecular weight excluding hydrogens is 400 g/mol. The molecule has 0 atom stereocenters. The standard InChI is InChI=1S/C26H22N4O2/c31-25(28-27-23-16-8-12-19-11-4-5-13-20(19)23)24-21-14-6-7-15-22(21)26(32)30(29-24)17-18-9-2-1-3-10-18/h1-7,9-11,13-15H,8,12,16-17H2,(H,28,31)/b27-23+. The van der Waals surface area contributed by atoms with Gasteiger partial charge in [0.05, 0.1) is 17.6 Å². The smallest absolute Gasteiger partial charge is 0.267 e. The number of carbonyl (C=O) groups excluding carboxylic acids is 1. The van der Waals surface area contributed by atoms with Gasteiger partial charge in [-0.05, 0) is 36.5 Å². The maximum absolute atomic E-state index is 13.1. The van der Waals surface area contributed by atoms with Gasteiger partial charge in [0.25, 0.3) is 11.5 Å². The molecule has 1 heterocycles. The number of amides is 1. The number of fused-ring (bicyclic) bond motifs is 2. The van der Waals surface area contributed by atoms with Crippen molar-refractivity contribution < 1.29 is 4.79 Å². The third-order valence-electron chi connectivity index (χ3n) is 5.74. The molecule has 1 aromatic heterocycles. The van der Waals surface area contributed by atoms with E-state index in [-0.39, 0.29) is 17.8 Å². The molecule has 6 nitrogen and oxygen atoms in total. The number of benzene rings is 3. The lowest BCUT2D eigenvalue weighted by molar-refractivity contribution is 0.0949. The first-order valence-electron chi connectivity index (χ1n) is 10.7. The van der Waals surface area contributed by atoms with Gasteiger partial charge in [-0.3, -0.25) is 9.59 Å². The molecule has 0 fully saturated rings. The fourth-order valence-electron chi connectivity index (χ4n) is 4.15. The monoisotopic (exact) mass is 422 g/mol. The zero-order valence-electron chi connectivity index (χ0n) is 17.5. The molecule has 6 heteroatoms. The molecule has 1 aliphatic carbocycles. The molecule has 32 heavy (non-hydrogen) atoms. The van der Waals surface area contributed by atoms with E-state index < -0.39 is 5.91 Å². The Kier molecular flexibility index (Phi) is 5.34. The topological polar surface area (TPSA) is 76.3 Å². The van der Waals surface area contributed by atoms with E-state index in [4.69, 9.17) is 0 Å². The summed E-state index contributed by atoms with van der Waals surface area (Å²) in [4.78, 5) is 26.1. The number of aromatic nitrogens is 2. The molecule has 1 amide bonds. The van der Waals surface area contributed by atoms with E-state index in [9.17, 15) is 9.59 Å². The molecule has 0 aliphatic heterocycles. The van der Waals surface area contributed by atoms with Crippen LogP contribution in [0.2, 0.25) is 0 Å². The highest BCUT2D eigenvalue weighted by Crippen LogP contribution is 2.21. The summed E-state index contributed by atoms with van der Waals surface area (Å²) in [5.41, 5.74) is 6.75. The van der Waals surface area contributed by atoms with Crippen LogP contribution in [0.15, 0.2) is 88.8 Å². The van der Waals surface area contributed by atoms with Gasteiger partial charge < -0.3 is 0 Å². The highest BCUT2D eigenvalue weighted by atomic mass is 16.2. The summed E-state index contributed by atoms with van der Waals surface area (Å²) in [5, 5.41) is 9.83. The van der Waals surface area contributed by atoms with Crippen LogP contribution in [-0.4, -0.2) is 21.4 Å². The molecule has 0 radical (unpaired) electrons. The number of rotatable bonds is 4. The number of hydrazone groups is 1. The van der Waals surface area contributed by atoms with Gasteiger partial charge in [-0.25, -0.2) is 10.1 Å². The van der Waals surface area contributed by atoms with Crippen LogP contribution in [-0.2, 0) is 13.0 Å². The van der Waals surface area contributed by atoms with Gasteiger partial charge in [-0.2, -0.15) is 10.2 Å². The Labute approximate surface area is 185 Å². The molecular formula is C26H22N4O2. The maximum Gasteiger partial charge on any atom is 0.292 e. The van der Waals surface area contributed by atoms with Crippen LogP contribution in [0.5, 0.6) is 0 Å². The van der Waals surface area contributed by atoms with Gasteiger partial charge in [0.2, 0.25) is 0 Å². The largest absolute Gasteiger partial charge is 0.292 e. The maximum atomic E-state index is 13.1. The number of nitrogens with one attached hydrogen (secondary N) is 1. The van der Waals surface area contributed by atoms with E-state index in [2.05, 4.69) is 21.7 Å². The van der Waals surface area contributed by atoms with Crippen LogP contribution >= 0.6 is 0 Å². The number of nitrogens with zero attached hydrogens (tertiary/aromatic N) is 3. The van der Waals surface area contributed by atoms with Gasteiger partial charge in [0.15, 0.2) is 5.69 Å². The Hall–Kier alpha value is -4.06. The Morgan fingerprint density at radius 3 is 2.47 bits per heavy atom. The van der Waals surface area contributed by atoms with Crippen molar-refractivity contribution in [3.63, 3.8) is 0 Å². The van der Waals surface area contributed by atoms with Crippen molar-refractivity contribution >= 4 is 22.4 Å². The van der Waals surface area contributed by atoms with Crippen LogP contribution in [0.4, 0.5) is 0 Å². The summed E-state index contributed by atoms with van der Waals surface area (Å²) in [5.74, 6) is -0.432. The number of hydrogen-bond donors (Lipinski definition) is 1. The molecule has 0 spiro atoms. The Morgan fingerprint density at radius 2 is 1.62 bits per heavy atom. The molecule has 5 rings (SSSR count). The van der Waals surface area contributed by atoms with Crippen LogP contribution in [0, 0.1) is 0 Å². The first kappa shape index (κ1) is 19.9. The molecule has 0 saturated carbocycles. The van der Waals surface area contributed by atoms with Crippen molar-refractivity contribution in [2.24, 2.45) is 5.10 Å². The normalized spacial score (nSPS) is 14.3. The van der Waals surface area contributed by atoms with Crippen molar-refractivity contribution in [3.05, 3.63) is 112 Å². The Bertz CT molecular complexity index is 1390. The third kappa shape index (κ3) is 3.83. The Balaban J connectivity index is 1.52. The molecule has 0 bridgehead atoms. The zero-order valence-corrected chi connectivity index (χ0v) is 17.5. The van der Waals surface area contributed by atoms with E-state index in [0.717, 1.165) is 36.1 Å². The van der Waals surface area contributed by atoms with E-state index in [1.54, 1.807) is 24.3 Å². The summed E-state index contributed by atoms with van der Waals surface area (Å²) < 4.78 is 1.34. The van der Waals surface area contributed by atoms with E-state index in [1.807, 2.05) is 48.5 Å². The van der Waals surface area contributed by atoms with E-state index >= 15 is 0 Å². The minimum absolute atomic E-state index is 0.185. The minimum atomic E-state index is -0.432. The SMILES string of the molecule is O=C(N/N=C1\CCCc2ccccc21)c1nn(Cc2ccccc2)c(=O)c2ccccc12. The summed E-state index contributed by atoms with van der Waals surface area (Å²) >= 11 is 0. The second-order valence-electron chi connectivity index (χ2n) is 7.85. The lowest BCUT2D eigenvalue weighted by atomic mass is 9.90. The van der Waals surface area contributed by atoms with Crippen molar-refractivity contribution in [3.8, 4) is 0 Å². The predicted octanol–water partition coefficient (Wildman–Crippen LogP) is 3.92. The molecule has 1 N–H and O–H groups in total. The lowest BCUT2D eigenvalue weighted by Gasteiger charge is -2.17. The first-order valence-corrected chi connectivity index (χ1v) is 10.7. The number of hydrogen-bond acceptors (Lipinski definition) is 4. The van der Waals surface area contributed by atoms with Crippen molar-refractivity contribution in [2.75, 3.05) is 0 Å². The highest BCUT2D eigenvalue weighted by Gasteiger charge is 2.19. The van der Waals surface area contributed by atoms with E-state index in [0.29, 0.717) is 10.8 Å². The molecule has 1 aliphatic rings. The highest BCUT2D eigenvalue weighted by molar-refractivity contribution is 6.07. The first-order chi connectivity index (χ1) is 15.7. The molecule has 0 unspecified atom stereocenters. The van der Waals surface area contributed by atoms with Crippen molar-refractivity contribution in [2.45, 2.75) is 25.8 Å². The molecule has 158 valence electrons. The lowest BCUT2D eigenvalue weighted by Crippen LogP contribution is -2.30. The van der Waals surface area contributed by atoms with Gasteiger partial charge in [0.1, 0.15) is 0 Å². The summed E-state index contributed by atoms with van der Waals surface area (Å²) in [6.07, 6.45) is 2.81. The minimum Gasteiger partial charge on any atom is -0.267 e. The van der Waals surface area contributed by atoms with Crippen molar-refractivity contribution in [1.29, 1.82) is 0 Å². The molecule has 0 saturated heterocycles. The van der Waals surface area contributed by atoms with E-state index in [1.165, 1.54) is 10.2 Å². The zero-order chi connectivity index (χ0) is 21.9. The fourth-order valence-corrected chi connectivity index (χ4v) is 4.15. The second kappa shape index (κ2) is 8.59. The summed E-state index contributed by atoms with van der Waals surface area (Å²) in [6.45, 7) is 0.284. The van der Waals surface area contributed by atoms with Gasteiger partial charge >= 0.3 is 0 Å². The predicted molar refractivity (Wildman–Crippen MR) is 125 cm³/mol. The Morgan fingerprint density at radius 1 is 0.906 bits per heavy atom. The summed E-state index contributed by atoms with van der Waals surface area (Å²) in [6, 6.07) is 24.8. The number of carbonyl (C=O) groups is 1. The van der Waals surface area contributed by atoms with Crippen molar-refractivity contribution in [1.82, 2.24) is 15.2 Å². The van der Waals surface area contributed by atoms with Gasteiger partial charge in [-0.15, -0.1) is 0 Å². The summed E-state index contributed by atoms with van der Waals surface area (Å²) in [7, 11) is 0. The average molecular weight is 422 g/mol. The van der Waals surface area contributed by atoms with Crippen LogP contribution in [0.3, 0.4) is 0 Å². The molecule has 3 aromatic carbocycles. The van der Waals surface area contributed by atoms with Gasteiger partial charge in [0, 0.05) is 10.9 Å². The van der Waals surface area contributed by atoms with Gasteiger partial charge in [-0.1, -0.05) is 72.8 Å². The second-order valence-corrected chi connectivity index (χ2v) is 7.85. The van der Waals surface area contributed by atoms with Crippen LogP contribution < -0.4 is 11.0 Å². The van der Waals surface area contributed by atoms with Crippen LogP contribution in [0.1, 0.15) is 40.0 Å². The fraction of sp³-hybridized carbons (Fsp3) is 0.154. The molecule has 4 aromatic rings.